The van der Waals surface area contributed by atoms with Crippen LogP contribution in [0.5, 0.6) is 17.2 Å². The molecule has 1 N–H and O–H groups in total. The SMILES string of the molecule is COc1cccc(C(=O)NCCc2ccc(OC(F)F)c(OC)c2)c1. The van der Waals surface area contributed by atoms with Gasteiger partial charge in [0.1, 0.15) is 5.75 Å². The van der Waals surface area contributed by atoms with Crippen LogP contribution in [0.4, 0.5) is 8.78 Å². The lowest BCUT2D eigenvalue weighted by atomic mass is 10.1. The Morgan fingerprint density at radius 2 is 1.88 bits per heavy atom. The van der Waals surface area contributed by atoms with Crippen LogP contribution in [0.2, 0.25) is 0 Å². The first-order valence-electron chi connectivity index (χ1n) is 7.57. The van der Waals surface area contributed by atoms with Crippen LogP contribution in [0.15, 0.2) is 42.5 Å². The molecule has 0 saturated heterocycles. The van der Waals surface area contributed by atoms with Crippen LogP contribution in [-0.4, -0.2) is 33.3 Å². The molecule has 7 heteroatoms. The van der Waals surface area contributed by atoms with Crippen molar-refractivity contribution in [3.05, 3.63) is 53.6 Å². The maximum Gasteiger partial charge on any atom is 0.387 e. The molecule has 134 valence electrons. The van der Waals surface area contributed by atoms with Crippen molar-refractivity contribution in [2.45, 2.75) is 13.0 Å². The third kappa shape index (κ3) is 5.34. The number of benzene rings is 2. The van der Waals surface area contributed by atoms with E-state index in [4.69, 9.17) is 9.47 Å². The first-order valence-corrected chi connectivity index (χ1v) is 7.57. The number of ether oxygens (including phenoxy) is 3. The maximum absolute atomic E-state index is 12.3. The number of methoxy groups -OCH3 is 2. The number of carbonyl (C=O) groups excluding carboxylic acids is 1. The molecule has 0 atom stereocenters. The molecule has 0 spiro atoms. The van der Waals surface area contributed by atoms with E-state index in [0.717, 1.165) is 5.56 Å². The van der Waals surface area contributed by atoms with Gasteiger partial charge in [0.05, 0.1) is 14.2 Å². The molecule has 0 heterocycles. The molecular formula is C18H19F2NO4. The largest absolute Gasteiger partial charge is 0.497 e. The van der Waals surface area contributed by atoms with E-state index in [1.807, 2.05) is 0 Å². The Morgan fingerprint density at radius 3 is 2.56 bits per heavy atom. The molecule has 0 aliphatic rings. The summed E-state index contributed by atoms with van der Waals surface area (Å²) in [6.07, 6.45) is 0.515. The van der Waals surface area contributed by atoms with Crippen LogP contribution in [-0.2, 0) is 6.42 Å². The quantitative estimate of drug-likeness (QED) is 0.793. The Balaban J connectivity index is 1.93. The van der Waals surface area contributed by atoms with Crippen molar-refractivity contribution >= 4 is 5.91 Å². The monoisotopic (exact) mass is 351 g/mol. The number of nitrogens with one attached hydrogen (secondary N) is 1. The Bertz CT molecular complexity index is 722. The number of rotatable bonds is 8. The number of hydrogen-bond donors (Lipinski definition) is 1. The maximum atomic E-state index is 12.3. The lowest BCUT2D eigenvalue weighted by molar-refractivity contribution is -0.0512. The van der Waals surface area contributed by atoms with E-state index in [2.05, 4.69) is 10.1 Å². The van der Waals surface area contributed by atoms with Crippen molar-refractivity contribution in [2.24, 2.45) is 0 Å². The highest BCUT2D eigenvalue weighted by Crippen LogP contribution is 2.29. The Labute approximate surface area is 144 Å². The van der Waals surface area contributed by atoms with Gasteiger partial charge in [0.25, 0.3) is 5.91 Å². The summed E-state index contributed by atoms with van der Waals surface area (Å²) >= 11 is 0. The first kappa shape index (κ1) is 18.5. The van der Waals surface area contributed by atoms with Gasteiger partial charge in [0, 0.05) is 12.1 Å². The normalized spacial score (nSPS) is 10.4. The van der Waals surface area contributed by atoms with E-state index < -0.39 is 6.61 Å². The van der Waals surface area contributed by atoms with Crippen LogP contribution in [0.1, 0.15) is 15.9 Å². The van der Waals surface area contributed by atoms with Gasteiger partial charge in [0.15, 0.2) is 11.5 Å². The molecule has 5 nitrogen and oxygen atoms in total. The molecule has 0 radical (unpaired) electrons. The van der Waals surface area contributed by atoms with Crippen LogP contribution >= 0.6 is 0 Å². The third-order valence-electron chi connectivity index (χ3n) is 3.48. The molecule has 0 aliphatic carbocycles. The average molecular weight is 351 g/mol. The minimum Gasteiger partial charge on any atom is -0.497 e. The van der Waals surface area contributed by atoms with E-state index in [-0.39, 0.29) is 17.4 Å². The fourth-order valence-corrected chi connectivity index (χ4v) is 2.25. The minimum atomic E-state index is -2.91. The molecular weight excluding hydrogens is 332 g/mol. The number of amides is 1. The van der Waals surface area contributed by atoms with Crippen LogP contribution in [0.3, 0.4) is 0 Å². The molecule has 0 bridgehead atoms. The van der Waals surface area contributed by atoms with Crippen molar-refractivity contribution in [2.75, 3.05) is 20.8 Å². The van der Waals surface area contributed by atoms with Crippen molar-refractivity contribution in [1.29, 1.82) is 0 Å². The van der Waals surface area contributed by atoms with E-state index in [0.29, 0.717) is 24.3 Å². The van der Waals surface area contributed by atoms with Crippen molar-refractivity contribution in [1.82, 2.24) is 5.32 Å². The molecule has 0 saturated carbocycles. The van der Waals surface area contributed by atoms with Crippen LogP contribution in [0.25, 0.3) is 0 Å². The summed E-state index contributed by atoms with van der Waals surface area (Å²) in [6, 6.07) is 11.5. The second-order valence-corrected chi connectivity index (χ2v) is 5.10. The molecule has 0 fully saturated rings. The fraction of sp³-hybridized carbons (Fsp3) is 0.278. The van der Waals surface area contributed by atoms with Crippen LogP contribution in [0, 0.1) is 0 Å². The van der Waals surface area contributed by atoms with Gasteiger partial charge in [-0.25, -0.2) is 0 Å². The molecule has 0 unspecified atom stereocenters. The lowest BCUT2D eigenvalue weighted by Gasteiger charge is -2.12. The zero-order chi connectivity index (χ0) is 18.2. The van der Waals surface area contributed by atoms with Crippen molar-refractivity contribution < 1.29 is 27.8 Å². The number of halogens is 2. The second kappa shape index (κ2) is 8.86. The zero-order valence-electron chi connectivity index (χ0n) is 13.9. The highest BCUT2D eigenvalue weighted by atomic mass is 19.3. The lowest BCUT2D eigenvalue weighted by Crippen LogP contribution is -2.25. The van der Waals surface area contributed by atoms with E-state index in [9.17, 15) is 13.6 Å². The predicted molar refractivity (Wildman–Crippen MR) is 88.7 cm³/mol. The smallest absolute Gasteiger partial charge is 0.387 e. The van der Waals surface area contributed by atoms with Gasteiger partial charge in [-0.05, 0) is 42.3 Å². The van der Waals surface area contributed by atoms with Gasteiger partial charge < -0.3 is 19.5 Å². The predicted octanol–water partition coefficient (Wildman–Crippen LogP) is 3.28. The first-order chi connectivity index (χ1) is 12.0. The average Bonchev–Trinajstić information content (AvgIpc) is 2.62. The van der Waals surface area contributed by atoms with E-state index >= 15 is 0 Å². The van der Waals surface area contributed by atoms with Gasteiger partial charge in [-0.2, -0.15) is 8.78 Å². The molecule has 0 aromatic heterocycles. The van der Waals surface area contributed by atoms with Gasteiger partial charge in [-0.3, -0.25) is 4.79 Å². The summed E-state index contributed by atoms with van der Waals surface area (Å²) in [5, 5.41) is 2.80. The topological polar surface area (TPSA) is 56.8 Å². The van der Waals surface area contributed by atoms with E-state index in [1.54, 1.807) is 36.4 Å². The Hall–Kier alpha value is -2.83. The van der Waals surface area contributed by atoms with Crippen LogP contribution < -0.4 is 19.5 Å². The minimum absolute atomic E-state index is 0.0262. The second-order valence-electron chi connectivity index (χ2n) is 5.10. The summed E-state index contributed by atoms with van der Waals surface area (Å²) in [5.74, 6) is 0.578. The molecule has 25 heavy (non-hydrogen) atoms. The zero-order valence-corrected chi connectivity index (χ0v) is 13.9. The summed E-state index contributed by atoms with van der Waals surface area (Å²) in [5.41, 5.74) is 1.32. The Morgan fingerprint density at radius 1 is 1.08 bits per heavy atom. The summed E-state index contributed by atoms with van der Waals surface area (Å²) in [4.78, 5) is 12.1. The fourth-order valence-electron chi connectivity index (χ4n) is 2.25. The number of alkyl halides is 2. The van der Waals surface area contributed by atoms with Gasteiger partial charge >= 0.3 is 6.61 Å². The van der Waals surface area contributed by atoms with Crippen molar-refractivity contribution in [3.63, 3.8) is 0 Å². The highest BCUT2D eigenvalue weighted by molar-refractivity contribution is 5.94. The number of carbonyl (C=O) groups is 1. The van der Waals surface area contributed by atoms with Gasteiger partial charge in [-0.1, -0.05) is 12.1 Å². The van der Waals surface area contributed by atoms with Crippen molar-refractivity contribution in [3.8, 4) is 17.2 Å². The third-order valence-corrected chi connectivity index (χ3v) is 3.48. The molecule has 0 aliphatic heterocycles. The summed E-state index contributed by atoms with van der Waals surface area (Å²) in [7, 11) is 2.91. The Kier molecular flexibility index (Phi) is 6.56. The summed E-state index contributed by atoms with van der Waals surface area (Å²) < 4.78 is 39.1. The molecule has 2 aromatic carbocycles. The highest BCUT2D eigenvalue weighted by Gasteiger charge is 2.11. The molecule has 1 amide bonds. The number of hydrogen-bond acceptors (Lipinski definition) is 4. The molecule has 2 aromatic rings. The standard InChI is InChI=1S/C18H19F2NO4/c1-23-14-5-3-4-13(11-14)17(22)21-9-8-12-6-7-15(25-18(19)20)16(10-12)24-2/h3-7,10-11,18H,8-9H2,1-2H3,(H,21,22). The summed E-state index contributed by atoms with van der Waals surface area (Å²) in [6.45, 7) is -2.53. The van der Waals surface area contributed by atoms with Gasteiger partial charge in [-0.15, -0.1) is 0 Å². The van der Waals surface area contributed by atoms with Gasteiger partial charge in [0.2, 0.25) is 0 Å². The van der Waals surface area contributed by atoms with E-state index in [1.165, 1.54) is 20.3 Å². The molecule has 2 rings (SSSR count).